The minimum Gasteiger partial charge on any atom is -0.483 e. The normalized spacial score (nSPS) is 11.9. The van der Waals surface area contributed by atoms with E-state index in [2.05, 4.69) is 20.5 Å². The fourth-order valence-electron chi connectivity index (χ4n) is 2.95. The van der Waals surface area contributed by atoms with Crippen molar-refractivity contribution >= 4 is 45.7 Å². The van der Waals surface area contributed by atoms with Crippen LogP contribution in [0.2, 0.25) is 5.02 Å². The molecule has 4 rings (SSSR count). The van der Waals surface area contributed by atoms with Gasteiger partial charge in [0.15, 0.2) is 22.2 Å². The van der Waals surface area contributed by atoms with Crippen LogP contribution in [0, 0.1) is 5.82 Å². The molecule has 170 valence electrons. The second kappa shape index (κ2) is 10.3. The van der Waals surface area contributed by atoms with E-state index in [-0.39, 0.29) is 17.5 Å². The van der Waals surface area contributed by atoms with Crippen molar-refractivity contribution in [2.75, 3.05) is 11.1 Å². The summed E-state index contributed by atoms with van der Waals surface area (Å²) >= 11 is 8.54. The Hall–Kier alpha value is -2.95. The highest BCUT2D eigenvalue weighted by Crippen LogP contribution is 2.27. The van der Waals surface area contributed by atoms with E-state index in [1.165, 1.54) is 35.2 Å². The van der Waals surface area contributed by atoms with E-state index in [0.717, 1.165) is 11.3 Å². The zero-order valence-corrected chi connectivity index (χ0v) is 20.0. The average molecular weight is 504 g/mol. The van der Waals surface area contributed by atoms with Gasteiger partial charge in [0, 0.05) is 23.0 Å². The summed E-state index contributed by atoms with van der Waals surface area (Å²) in [5.41, 5.74) is 1.70. The van der Waals surface area contributed by atoms with Gasteiger partial charge in [-0.1, -0.05) is 35.5 Å². The molecule has 2 heterocycles. The quantitative estimate of drug-likeness (QED) is 0.315. The van der Waals surface area contributed by atoms with Crippen molar-refractivity contribution < 1.29 is 13.9 Å². The molecule has 0 saturated heterocycles. The summed E-state index contributed by atoms with van der Waals surface area (Å²) in [7, 11) is 1.80. The van der Waals surface area contributed by atoms with E-state index in [9.17, 15) is 9.18 Å². The van der Waals surface area contributed by atoms with Crippen LogP contribution in [0.15, 0.2) is 59.1 Å². The Balaban J connectivity index is 1.32. The molecule has 4 aromatic rings. The Labute approximate surface area is 203 Å². The van der Waals surface area contributed by atoms with E-state index >= 15 is 0 Å². The lowest BCUT2D eigenvalue weighted by molar-refractivity contribution is -0.113. The van der Waals surface area contributed by atoms with E-state index in [1.54, 1.807) is 35.9 Å². The molecule has 0 aliphatic rings. The number of thioether (sulfide) groups is 1. The Morgan fingerprint density at radius 1 is 1.21 bits per heavy atom. The van der Waals surface area contributed by atoms with Crippen LogP contribution in [0.3, 0.4) is 0 Å². The second-order valence-corrected chi connectivity index (χ2v) is 9.23. The lowest BCUT2D eigenvalue weighted by Crippen LogP contribution is -2.14. The number of ether oxygens (including phenoxy) is 1. The molecule has 0 aliphatic carbocycles. The van der Waals surface area contributed by atoms with Gasteiger partial charge in [-0.25, -0.2) is 9.37 Å². The number of carbonyl (C=O) groups is 1. The van der Waals surface area contributed by atoms with Crippen molar-refractivity contribution in [1.29, 1.82) is 0 Å². The third kappa shape index (κ3) is 5.89. The first-order valence-corrected chi connectivity index (χ1v) is 12.1. The van der Waals surface area contributed by atoms with E-state index in [4.69, 9.17) is 16.3 Å². The molecular formula is C22H19ClFN5O2S2. The number of nitrogens with zero attached hydrogens (tertiary/aromatic N) is 4. The first kappa shape index (κ1) is 23.2. The fourth-order valence-corrected chi connectivity index (χ4v) is 4.53. The number of thiazole rings is 1. The molecule has 0 radical (unpaired) electrons. The van der Waals surface area contributed by atoms with Crippen LogP contribution in [-0.4, -0.2) is 31.4 Å². The molecule has 1 unspecified atom stereocenters. The van der Waals surface area contributed by atoms with Crippen LogP contribution in [0.4, 0.5) is 9.52 Å². The van der Waals surface area contributed by atoms with Crippen LogP contribution in [0.1, 0.15) is 18.9 Å². The maximum absolute atomic E-state index is 13.1. The summed E-state index contributed by atoms with van der Waals surface area (Å²) in [5.74, 6) is 0.744. The van der Waals surface area contributed by atoms with Crippen molar-refractivity contribution in [3.8, 4) is 17.0 Å². The minimum atomic E-state index is -0.405. The average Bonchev–Trinajstić information content (AvgIpc) is 3.41. The van der Waals surface area contributed by atoms with Gasteiger partial charge in [-0.15, -0.1) is 21.5 Å². The van der Waals surface area contributed by atoms with Crippen molar-refractivity contribution in [2.24, 2.45) is 7.05 Å². The van der Waals surface area contributed by atoms with Crippen molar-refractivity contribution in [2.45, 2.75) is 18.2 Å². The predicted octanol–water partition coefficient (Wildman–Crippen LogP) is 5.60. The molecule has 0 spiro atoms. The van der Waals surface area contributed by atoms with Crippen LogP contribution in [-0.2, 0) is 11.8 Å². The number of hydrogen-bond donors (Lipinski definition) is 1. The Bertz CT molecular complexity index is 1240. The first-order chi connectivity index (χ1) is 15.9. The lowest BCUT2D eigenvalue weighted by Gasteiger charge is -2.14. The van der Waals surface area contributed by atoms with E-state index in [1.807, 2.05) is 24.4 Å². The molecule has 0 aliphatic heterocycles. The maximum atomic E-state index is 13.1. The van der Waals surface area contributed by atoms with Gasteiger partial charge in [-0.3, -0.25) is 4.79 Å². The Morgan fingerprint density at radius 2 is 1.94 bits per heavy atom. The van der Waals surface area contributed by atoms with Crippen molar-refractivity contribution in [3.05, 3.63) is 70.6 Å². The fraction of sp³-hybridized carbons (Fsp3) is 0.182. The number of carbonyl (C=O) groups excluding carboxylic acids is 1. The summed E-state index contributed by atoms with van der Waals surface area (Å²) in [4.78, 5) is 16.9. The van der Waals surface area contributed by atoms with Crippen molar-refractivity contribution in [1.82, 2.24) is 19.7 Å². The molecule has 0 saturated carbocycles. The highest BCUT2D eigenvalue weighted by atomic mass is 35.5. The molecule has 33 heavy (non-hydrogen) atoms. The highest BCUT2D eigenvalue weighted by molar-refractivity contribution is 7.99. The van der Waals surface area contributed by atoms with Crippen molar-refractivity contribution in [3.63, 3.8) is 0 Å². The van der Waals surface area contributed by atoms with Gasteiger partial charge in [0.2, 0.25) is 5.91 Å². The number of rotatable bonds is 8. The molecule has 1 amide bonds. The first-order valence-electron chi connectivity index (χ1n) is 9.84. The highest BCUT2D eigenvalue weighted by Gasteiger charge is 2.18. The van der Waals surface area contributed by atoms with E-state index in [0.29, 0.717) is 26.9 Å². The van der Waals surface area contributed by atoms with Gasteiger partial charge in [0.25, 0.3) is 0 Å². The zero-order chi connectivity index (χ0) is 23.4. The lowest BCUT2D eigenvalue weighted by atomic mass is 10.2. The van der Waals surface area contributed by atoms with E-state index < -0.39 is 6.10 Å². The molecule has 2 aromatic heterocycles. The molecule has 1 N–H and O–H groups in total. The van der Waals surface area contributed by atoms with Gasteiger partial charge in [-0.05, 0) is 43.3 Å². The third-order valence-electron chi connectivity index (χ3n) is 4.58. The smallest absolute Gasteiger partial charge is 0.236 e. The summed E-state index contributed by atoms with van der Waals surface area (Å²) in [6, 6.07) is 13.1. The third-order valence-corrected chi connectivity index (χ3v) is 6.61. The summed E-state index contributed by atoms with van der Waals surface area (Å²) in [6.45, 7) is 1.83. The van der Waals surface area contributed by atoms with Gasteiger partial charge >= 0.3 is 0 Å². The molecular weight excluding hydrogens is 485 g/mol. The van der Waals surface area contributed by atoms with Crippen LogP contribution in [0.5, 0.6) is 5.75 Å². The predicted molar refractivity (Wildman–Crippen MR) is 128 cm³/mol. The number of benzene rings is 2. The summed E-state index contributed by atoms with van der Waals surface area (Å²) in [5, 5.41) is 14.8. The van der Waals surface area contributed by atoms with Crippen LogP contribution >= 0.6 is 34.7 Å². The van der Waals surface area contributed by atoms with Gasteiger partial charge < -0.3 is 14.6 Å². The summed E-state index contributed by atoms with van der Waals surface area (Å²) < 4.78 is 20.6. The SMILES string of the molecule is CC(Oc1ccc(F)cc1)c1nnc(SCC(=O)Nc2nc(-c3ccc(Cl)cc3)cs2)n1C. The maximum Gasteiger partial charge on any atom is 0.236 e. The van der Waals surface area contributed by atoms with Crippen LogP contribution in [0.25, 0.3) is 11.3 Å². The molecule has 1 atom stereocenters. The molecule has 7 nitrogen and oxygen atoms in total. The Morgan fingerprint density at radius 3 is 2.67 bits per heavy atom. The molecule has 11 heteroatoms. The second-order valence-electron chi connectivity index (χ2n) is 7.00. The van der Waals surface area contributed by atoms with Gasteiger partial charge in [0.1, 0.15) is 11.6 Å². The summed E-state index contributed by atoms with van der Waals surface area (Å²) in [6.07, 6.45) is -0.405. The minimum absolute atomic E-state index is 0.148. The zero-order valence-electron chi connectivity index (χ0n) is 17.7. The number of hydrogen-bond acceptors (Lipinski definition) is 7. The number of aromatic nitrogens is 4. The topological polar surface area (TPSA) is 81.9 Å². The molecule has 0 fully saturated rings. The standard InChI is InChI=1S/C22H19ClFN5O2S2/c1-13(31-17-9-7-16(24)8-10-17)20-27-28-22(29(20)2)33-12-19(30)26-21-25-18(11-32-21)14-3-5-15(23)6-4-14/h3-11,13H,12H2,1-2H3,(H,25,26,30). The number of anilines is 1. The molecule has 2 aromatic carbocycles. The number of nitrogens with one attached hydrogen (secondary N) is 1. The van der Waals surface area contributed by atoms with Gasteiger partial charge in [0.05, 0.1) is 11.4 Å². The monoisotopic (exact) mass is 503 g/mol. The van der Waals surface area contributed by atoms with Crippen LogP contribution < -0.4 is 10.1 Å². The largest absolute Gasteiger partial charge is 0.483 e. The number of halogens is 2. The molecule has 0 bridgehead atoms. The number of amides is 1. The Kier molecular flexibility index (Phi) is 7.26. The van der Waals surface area contributed by atoms with Gasteiger partial charge in [-0.2, -0.15) is 0 Å².